The van der Waals surface area contributed by atoms with E-state index in [1.54, 1.807) is 54.6 Å². The molecule has 0 aliphatic carbocycles. The Hall–Kier alpha value is -5.29. The molecule has 0 spiro atoms. The van der Waals surface area contributed by atoms with Crippen molar-refractivity contribution in [1.82, 2.24) is 10.9 Å². The van der Waals surface area contributed by atoms with E-state index in [0.717, 1.165) is 16.7 Å². The van der Waals surface area contributed by atoms with Crippen LogP contribution in [-0.2, 0) is 25.8 Å². The fourth-order valence-electron chi connectivity index (χ4n) is 5.99. The third kappa shape index (κ3) is 8.72. The molecule has 5 aromatic carbocycles. The van der Waals surface area contributed by atoms with Crippen LogP contribution in [0.3, 0.4) is 0 Å². The summed E-state index contributed by atoms with van der Waals surface area (Å²) >= 11 is 0. The summed E-state index contributed by atoms with van der Waals surface area (Å²) in [4.78, 5) is 19.6. The Balaban J connectivity index is 1.35. The first-order valence-electron chi connectivity index (χ1n) is 17.0. The monoisotopic (exact) mass is 703 g/mol. The third-order valence-electron chi connectivity index (χ3n) is 8.79. The molecule has 1 amide bonds. The van der Waals surface area contributed by atoms with Crippen LogP contribution in [-0.4, -0.2) is 56.4 Å². The van der Waals surface area contributed by atoms with Gasteiger partial charge in [0.25, 0.3) is 5.91 Å². The van der Waals surface area contributed by atoms with E-state index < -0.39 is 27.4 Å². The van der Waals surface area contributed by atoms with Crippen molar-refractivity contribution in [2.45, 2.75) is 35.8 Å². The molecule has 6 rings (SSSR count). The zero-order valence-electron chi connectivity index (χ0n) is 28.2. The summed E-state index contributed by atoms with van der Waals surface area (Å²) in [6.07, 6.45) is 0.0803. The van der Waals surface area contributed by atoms with Gasteiger partial charge < -0.3 is 14.6 Å². The van der Waals surface area contributed by atoms with Crippen LogP contribution in [0.15, 0.2) is 149 Å². The van der Waals surface area contributed by atoms with Gasteiger partial charge in [0.1, 0.15) is 5.75 Å². The van der Waals surface area contributed by atoms with Crippen molar-refractivity contribution in [1.29, 1.82) is 0 Å². The summed E-state index contributed by atoms with van der Waals surface area (Å²) in [6.45, 7) is 0.840. The number of hydrogen-bond donors (Lipinski definition) is 3. The van der Waals surface area contributed by atoms with Crippen LogP contribution in [0.1, 0.15) is 35.6 Å². The number of aliphatic hydroxyl groups is 1. The predicted octanol–water partition coefficient (Wildman–Crippen LogP) is 6.10. The quantitative estimate of drug-likeness (QED) is 0.0838. The number of ether oxygens (including phenoxy) is 2. The summed E-state index contributed by atoms with van der Waals surface area (Å²) in [5, 5.41) is 9.11. The van der Waals surface area contributed by atoms with Gasteiger partial charge >= 0.3 is 0 Å². The van der Waals surface area contributed by atoms with Gasteiger partial charge in [-0.3, -0.25) is 10.2 Å². The number of hydrazine groups is 1. The molecule has 0 bridgehead atoms. The van der Waals surface area contributed by atoms with Crippen LogP contribution in [0.25, 0.3) is 11.1 Å². The number of hydrogen-bond acceptors (Lipinski definition) is 8. The number of carbonyl (C=O) groups excluding carboxylic acids is 1. The third-order valence-corrected chi connectivity index (χ3v) is 10.5. The highest BCUT2D eigenvalue weighted by molar-refractivity contribution is 7.91. The lowest BCUT2D eigenvalue weighted by atomic mass is 9.84. The second-order valence-corrected chi connectivity index (χ2v) is 14.4. The van der Waals surface area contributed by atoms with Gasteiger partial charge in [-0.1, -0.05) is 103 Å². The van der Waals surface area contributed by atoms with E-state index in [0.29, 0.717) is 42.9 Å². The maximum Gasteiger partial charge on any atom is 0.266 e. The smallest absolute Gasteiger partial charge is 0.266 e. The molecule has 1 aliphatic rings. The minimum atomic E-state index is -3.79. The number of aliphatic hydroxyl groups excluding tert-OH is 1. The first-order chi connectivity index (χ1) is 24.9. The molecule has 2 atom stereocenters. The topological polar surface area (TPSA) is 126 Å². The zero-order chi connectivity index (χ0) is 35.5. The highest BCUT2D eigenvalue weighted by Gasteiger charge is 2.53. The Morgan fingerprint density at radius 2 is 1.39 bits per heavy atom. The van der Waals surface area contributed by atoms with Crippen LogP contribution >= 0.6 is 0 Å². The molecule has 51 heavy (non-hydrogen) atoms. The van der Waals surface area contributed by atoms with Gasteiger partial charge in [-0.2, -0.15) is 0 Å². The summed E-state index contributed by atoms with van der Waals surface area (Å²) in [5.74, 6) is -0.0231. The fourth-order valence-corrected chi connectivity index (χ4v) is 7.38. The van der Waals surface area contributed by atoms with Gasteiger partial charge in [-0.25, -0.2) is 18.8 Å². The van der Waals surface area contributed by atoms with Crippen LogP contribution in [0.4, 0.5) is 0 Å². The molecule has 0 saturated heterocycles. The highest BCUT2D eigenvalue weighted by atomic mass is 32.2. The fraction of sp³-hybridized carbons (Fsp3) is 0.220. The van der Waals surface area contributed by atoms with Crippen LogP contribution in [0, 0.1) is 0 Å². The number of amides is 1. The van der Waals surface area contributed by atoms with E-state index in [4.69, 9.17) is 19.6 Å². The SMILES string of the molecule is O=C(NNCCc1ccccc1)[C@@]1(CCS(=O)(=O)c2ccccc2)N=C(c2ccc(OCCCO)cc2)O[C@H]1c1ccc(-c2ccccc2)cc1. The van der Waals surface area contributed by atoms with Gasteiger partial charge in [-0.15, -0.1) is 0 Å². The number of nitrogens with one attached hydrogen (secondary N) is 2. The minimum Gasteiger partial charge on any atom is -0.494 e. The van der Waals surface area contributed by atoms with Crippen molar-refractivity contribution in [2.24, 2.45) is 4.99 Å². The molecule has 9 nitrogen and oxygen atoms in total. The van der Waals surface area contributed by atoms with Gasteiger partial charge in [-0.05, 0) is 65.1 Å². The molecule has 262 valence electrons. The highest BCUT2D eigenvalue weighted by Crippen LogP contribution is 2.43. The summed E-state index contributed by atoms with van der Waals surface area (Å²) in [5.41, 5.74) is 8.65. The molecule has 0 aromatic heterocycles. The first-order valence-corrected chi connectivity index (χ1v) is 18.6. The standard InChI is InChI=1S/C41H41N3O6S/c45-28-10-29-49-36-23-21-35(22-24-36)39-43-41(26-30-51(47,48)37-15-8-3-9-16-37,40(46)44-42-27-25-31-11-4-1-5-12-31)38(50-39)34-19-17-33(18-20-34)32-13-6-2-7-14-32/h1-9,11-24,38,42,45H,10,25-30H2,(H,44,46)/t38-,41-/m0/s1. The van der Waals surface area contributed by atoms with Crippen molar-refractivity contribution in [3.05, 3.63) is 156 Å². The summed E-state index contributed by atoms with van der Waals surface area (Å²) in [6, 6.07) is 42.9. The van der Waals surface area contributed by atoms with Gasteiger partial charge in [0, 0.05) is 31.6 Å². The first kappa shape index (κ1) is 35.5. The molecular weight excluding hydrogens is 663 g/mol. The number of aliphatic imine (C=N–C) groups is 1. The van der Waals surface area contributed by atoms with E-state index in [-0.39, 0.29) is 29.6 Å². The molecule has 0 radical (unpaired) electrons. The van der Waals surface area contributed by atoms with E-state index >= 15 is 0 Å². The van der Waals surface area contributed by atoms with Gasteiger partial charge in [0.2, 0.25) is 5.90 Å². The Kier molecular flexibility index (Phi) is 11.6. The molecule has 3 N–H and O–H groups in total. The van der Waals surface area contributed by atoms with Crippen molar-refractivity contribution < 1.29 is 27.8 Å². The van der Waals surface area contributed by atoms with Crippen molar-refractivity contribution >= 4 is 21.6 Å². The summed E-state index contributed by atoms with van der Waals surface area (Å²) in [7, 11) is -3.79. The summed E-state index contributed by atoms with van der Waals surface area (Å²) < 4.78 is 39.6. The predicted molar refractivity (Wildman–Crippen MR) is 198 cm³/mol. The second kappa shape index (κ2) is 16.6. The maximum absolute atomic E-state index is 14.5. The lowest BCUT2D eigenvalue weighted by Crippen LogP contribution is -2.53. The maximum atomic E-state index is 14.5. The number of sulfone groups is 1. The molecule has 0 fully saturated rings. The molecule has 0 saturated carbocycles. The van der Waals surface area contributed by atoms with Crippen LogP contribution in [0.5, 0.6) is 5.75 Å². The largest absolute Gasteiger partial charge is 0.494 e. The lowest BCUT2D eigenvalue weighted by Gasteiger charge is -2.30. The second-order valence-electron chi connectivity index (χ2n) is 12.3. The zero-order valence-corrected chi connectivity index (χ0v) is 29.0. The average molecular weight is 704 g/mol. The van der Waals surface area contributed by atoms with E-state index in [9.17, 15) is 13.2 Å². The van der Waals surface area contributed by atoms with Gasteiger partial charge in [0.05, 0.1) is 17.3 Å². The van der Waals surface area contributed by atoms with Crippen LogP contribution < -0.4 is 15.6 Å². The Labute approximate surface area is 298 Å². The minimum absolute atomic E-state index is 0.0295. The Bertz CT molecular complexity index is 2010. The number of carbonyl (C=O) groups is 1. The Morgan fingerprint density at radius 3 is 2.06 bits per heavy atom. The number of nitrogens with zero attached hydrogens (tertiary/aromatic N) is 1. The number of rotatable bonds is 16. The molecule has 5 aromatic rings. The van der Waals surface area contributed by atoms with Crippen LogP contribution in [0.2, 0.25) is 0 Å². The van der Waals surface area contributed by atoms with Crippen molar-refractivity contribution in [3.63, 3.8) is 0 Å². The number of benzene rings is 5. The molecule has 10 heteroatoms. The van der Waals surface area contributed by atoms with E-state index in [1.807, 2.05) is 84.9 Å². The van der Waals surface area contributed by atoms with Crippen molar-refractivity contribution in [3.8, 4) is 16.9 Å². The lowest BCUT2D eigenvalue weighted by molar-refractivity contribution is -0.130. The molecular formula is C41H41N3O6S. The van der Waals surface area contributed by atoms with Crippen molar-refractivity contribution in [2.75, 3.05) is 25.5 Å². The Morgan fingerprint density at radius 1 is 0.784 bits per heavy atom. The molecule has 1 heterocycles. The average Bonchev–Trinajstić information content (AvgIpc) is 3.58. The molecule has 1 aliphatic heterocycles. The van der Waals surface area contributed by atoms with E-state index in [1.165, 1.54) is 0 Å². The van der Waals surface area contributed by atoms with Gasteiger partial charge in [0.15, 0.2) is 21.5 Å². The normalized spacial score (nSPS) is 17.0. The molecule has 0 unspecified atom stereocenters. The van der Waals surface area contributed by atoms with E-state index in [2.05, 4.69) is 10.9 Å².